The predicted octanol–water partition coefficient (Wildman–Crippen LogP) is 2.63. The minimum absolute atomic E-state index is 0.116. The summed E-state index contributed by atoms with van der Waals surface area (Å²) in [5, 5.41) is 6.03. The molecule has 1 N–H and O–H groups in total. The second kappa shape index (κ2) is 4.61. The average molecular weight is 248 g/mol. The number of hydrogen-bond acceptors (Lipinski definition) is 3. The van der Waals surface area contributed by atoms with Crippen LogP contribution in [0, 0.1) is 17.8 Å². The van der Waals surface area contributed by atoms with E-state index in [0.29, 0.717) is 5.92 Å². The van der Waals surface area contributed by atoms with Crippen LogP contribution in [0.3, 0.4) is 0 Å². The Morgan fingerprint density at radius 1 is 1.47 bits per heavy atom. The maximum atomic E-state index is 11.9. The van der Waals surface area contributed by atoms with E-state index in [2.05, 4.69) is 10.5 Å². The van der Waals surface area contributed by atoms with Crippen LogP contribution in [0.5, 0.6) is 0 Å². The lowest BCUT2D eigenvalue weighted by atomic mass is 9.88. The molecule has 3 nitrogen and oxygen atoms in total. The fourth-order valence-electron chi connectivity index (χ4n) is 3.17. The van der Waals surface area contributed by atoms with Crippen molar-refractivity contribution >= 4 is 23.5 Å². The Morgan fingerprint density at radius 2 is 2.41 bits per heavy atom. The SMILES string of the molecule is O=C(N/N=C/c1cccs1)C1CC2CCC1C2. The molecule has 3 unspecified atom stereocenters. The highest BCUT2D eigenvalue weighted by Crippen LogP contribution is 2.48. The van der Waals surface area contributed by atoms with E-state index in [1.807, 2.05) is 17.5 Å². The number of hydrazone groups is 1. The van der Waals surface area contributed by atoms with Gasteiger partial charge in [-0.3, -0.25) is 4.79 Å². The molecule has 2 saturated carbocycles. The molecule has 0 saturated heterocycles. The first kappa shape index (κ1) is 11.0. The van der Waals surface area contributed by atoms with Crippen LogP contribution in [0.4, 0.5) is 0 Å². The molecule has 1 aromatic heterocycles. The zero-order valence-corrected chi connectivity index (χ0v) is 10.5. The molecule has 90 valence electrons. The molecular formula is C13H16N2OS. The molecule has 2 fully saturated rings. The average Bonchev–Trinajstić information content (AvgIpc) is 3.05. The van der Waals surface area contributed by atoms with Gasteiger partial charge in [-0.05, 0) is 42.5 Å². The Balaban J connectivity index is 1.54. The van der Waals surface area contributed by atoms with Gasteiger partial charge in [0.15, 0.2) is 0 Å². The second-order valence-electron chi connectivity index (χ2n) is 5.03. The number of carbonyl (C=O) groups is 1. The molecule has 2 bridgehead atoms. The summed E-state index contributed by atoms with van der Waals surface area (Å²) in [6.07, 6.45) is 6.61. The fraction of sp³-hybridized carbons (Fsp3) is 0.538. The maximum Gasteiger partial charge on any atom is 0.243 e. The van der Waals surface area contributed by atoms with Crippen molar-refractivity contribution in [3.05, 3.63) is 22.4 Å². The lowest BCUT2D eigenvalue weighted by Crippen LogP contribution is -2.30. The summed E-state index contributed by atoms with van der Waals surface area (Å²) in [6, 6.07) is 3.96. The smallest absolute Gasteiger partial charge is 0.243 e. The van der Waals surface area contributed by atoms with Crippen molar-refractivity contribution in [3.63, 3.8) is 0 Å². The van der Waals surface area contributed by atoms with Gasteiger partial charge in [0, 0.05) is 10.8 Å². The normalized spacial score (nSPS) is 31.2. The highest BCUT2D eigenvalue weighted by Gasteiger charge is 2.42. The Kier molecular flexibility index (Phi) is 2.97. The molecule has 3 rings (SSSR count). The van der Waals surface area contributed by atoms with Gasteiger partial charge in [0.05, 0.1) is 6.21 Å². The highest BCUT2D eigenvalue weighted by molar-refractivity contribution is 7.11. The van der Waals surface area contributed by atoms with Crippen molar-refractivity contribution in [3.8, 4) is 0 Å². The summed E-state index contributed by atoms with van der Waals surface area (Å²) in [6.45, 7) is 0. The summed E-state index contributed by atoms with van der Waals surface area (Å²) in [5.41, 5.74) is 2.68. The minimum Gasteiger partial charge on any atom is -0.273 e. The van der Waals surface area contributed by atoms with Crippen LogP contribution >= 0.6 is 11.3 Å². The van der Waals surface area contributed by atoms with E-state index in [4.69, 9.17) is 0 Å². The van der Waals surface area contributed by atoms with Crippen LogP contribution in [0.15, 0.2) is 22.6 Å². The number of nitrogens with zero attached hydrogens (tertiary/aromatic N) is 1. The molecule has 1 aromatic rings. The zero-order valence-electron chi connectivity index (χ0n) is 9.63. The van der Waals surface area contributed by atoms with E-state index < -0.39 is 0 Å². The number of nitrogens with one attached hydrogen (secondary N) is 1. The van der Waals surface area contributed by atoms with Crippen LogP contribution in [-0.2, 0) is 4.79 Å². The van der Waals surface area contributed by atoms with Crippen molar-refractivity contribution in [1.29, 1.82) is 0 Å². The van der Waals surface area contributed by atoms with Crippen molar-refractivity contribution in [1.82, 2.24) is 5.43 Å². The molecule has 0 aliphatic heterocycles. The second-order valence-corrected chi connectivity index (χ2v) is 6.01. The van der Waals surface area contributed by atoms with Gasteiger partial charge in [-0.25, -0.2) is 5.43 Å². The van der Waals surface area contributed by atoms with Crippen molar-refractivity contribution < 1.29 is 4.79 Å². The quantitative estimate of drug-likeness (QED) is 0.648. The number of thiophene rings is 1. The van der Waals surface area contributed by atoms with E-state index in [0.717, 1.165) is 17.2 Å². The van der Waals surface area contributed by atoms with Crippen LogP contribution in [-0.4, -0.2) is 12.1 Å². The van der Waals surface area contributed by atoms with Crippen LogP contribution in [0.25, 0.3) is 0 Å². The van der Waals surface area contributed by atoms with Crippen LogP contribution in [0.2, 0.25) is 0 Å². The number of hydrogen-bond donors (Lipinski definition) is 1. The Labute approximate surface area is 105 Å². The monoisotopic (exact) mass is 248 g/mol. The first-order chi connectivity index (χ1) is 8.33. The van der Waals surface area contributed by atoms with E-state index in [9.17, 15) is 4.79 Å². The minimum atomic E-state index is 0.116. The van der Waals surface area contributed by atoms with Gasteiger partial charge in [-0.1, -0.05) is 12.5 Å². The molecule has 0 aromatic carbocycles. The Morgan fingerprint density at radius 3 is 3.06 bits per heavy atom. The molecule has 3 atom stereocenters. The van der Waals surface area contributed by atoms with E-state index in [1.54, 1.807) is 17.6 Å². The standard InChI is InChI=1S/C13H16N2OS/c16-13(12-7-9-3-4-10(12)6-9)15-14-8-11-2-1-5-17-11/h1-2,5,8-10,12H,3-4,6-7H2,(H,15,16)/b14-8+. The van der Waals surface area contributed by atoms with Crippen LogP contribution in [0.1, 0.15) is 30.6 Å². The van der Waals surface area contributed by atoms with Gasteiger partial charge in [0.25, 0.3) is 0 Å². The molecule has 17 heavy (non-hydrogen) atoms. The summed E-state index contributed by atoms with van der Waals surface area (Å²) < 4.78 is 0. The molecule has 4 heteroatoms. The maximum absolute atomic E-state index is 11.9. The summed E-state index contributed by atoms with van der Waals surface area (Å²) >= 11 is 1.62. The van der Waals surface area contributed by atoms with Gasteiger partial charge < -0.3 is 0 Å². The van der Waals surface area contributed by atoms with Crippen LogP contribution < -0.4 is 5.43 Å². The third-order valence-electron chi connectivity index (χ3n) is 3.98. The summed E-state index contributed by atoms with van der Waals surface area (Å²) in [7, 11) is 0. The number of carbonyl (C=O) groups excluding carboxylic acids is 1. The van der Waals surface area contributed by atoms with Gasteiger partial charge in [0.2, 0.25) is 5.91 Å². The lowest BCUT2D eigenvalue weighted by molar-refractivity contribution is -0.126. The number of amides is 1. The number of fused-ring (bicyclic) bond motifs is 2. The molecule has 0 spiro atoms. The van der Waals surface area contributed by atoms with Gasteiger partial charge in [-0.2, -0.15) is 5.10 Å². The third-order valence-corrected chi connectivity index (χ3v) is 4.79. The first-order valence-electron chi connectivity index (χ1n) is 6.19. The molecule has 1 heterocycles. The summed E-state index contributed by atoms with van der Waals surface area (Å²) in [4.78, 5) is 13.0. The predicted molar refractivity (Wildman–Crippen MR) is 69.0 cm³/mol. The summed E-state index contributed by atoms with van der Waals surface area (Å²) in [5.74, 6) is 1.76. The van der Waals surface area contributed by atoms with E-state index in [-0.39, 0.29) is 11.8 Å². The van der Waals surface area contributed by atoms with Crippen molar-refractivity contribution in [2.45, 2.75) is 25.7 Å². The Bertz CT molecular complexity index is 427. The van der Waals surface area contributed by atoms with E-state index >= 15 is 0 Å². The number of rotatable bonds is 3. The van der Waals surface area contributed by atoms with Crippen molar-refractivity contribution in [2.75, 3.05) is 0 Å². The third kappa shape index (κ3) is 2.27. The highest BCUT2D eigenvalue weighted by atomic mass is 32.1. The lowest BCUT2D eigenvalue weighted by Gasteiger charge is -2.19. The molecule has 2 aliphatic rings. The molecule has 0 radical (unpaired) electrons. The van der Waals surface area contributed by atoms with E-state index in [1.165, 1.54) is 19.3 Å². The topological polar surface area (TPSA) is 41.5 Å². The van der Waals surface area contributed by atoms with Gasteiger partial charge >= 0.3 is 0 Å². The van der Waals surface area contributed by atoms with Gasteiger partial charge in [-0.15, -0.1) is 11.3 Å². The molecule has 1 amide bonds. The molecular weight excluding hydrogens is 232 g/mol. The Hall–Kier alpha value is -1.16. The van der Waals surface area contributed by atoms with Gasteiger partial charge in [0.1, 0.15) is 0 Å². The largest absolute Gasteiger partial charge is 0.273 e. The first-order valence-corrected chi connectivity index (χ1v) is 7.07. The van der Waals surface area contributed by atoms with Crippen molar-refractivity contribution in [2.24, 2.45) is 22.9 Å². The fourth-order valence-corrected chi connectivity index (χ4v) is 3.76. The molecule has 2 aliphatic carbocycles. The zero-order chi connectivity index (χ0) is 11.7.